The Morgan fingerprint density at radius 2 is 1.91 bits per heavy atom. The van der Waals surface area contributed by atoms with Gasteiger partial charge in [0.1, 0.15) is 11.9 Å². The van der Waals surface area contributed by atoms with Crippen LogP contribution in [0.5, 0.6) is 0 Å². The van der Waals surface area contributed by atoms with Gasteiger partial charge in [0.25, 0.3) is 0 Å². The molecule has 0 spiro atoms. The van der Waals surface area contributed by atoms with E-state index in [-0.39, 0.29) is 41.5 Å². The van der Waals surface area contributed by atoms with Crippen molar-refractivity contribution in [3.63, 3.8) is 0 Å². The van der Waals surface area contributed by atoms with Gasteiger partial charge in [0.15, 0.2) is 0 Å². The number of hydrazine groups is 1. The van der Waals surface area contributed by atoms with E-state index in [1.54, 1.807) is 5.01 Å². The van der Waals surface area contributed by atoms with Gasteiger partial charge in [0.2, 0.25) is 15.9 Å². The molecule has 5 fully saturated rings. The molecule has 5 unspecified atom stereocenters. The van der Waals surface area contributed by atoms with E-state index < -0.39 is 15.3 Å². The van der Waals surface area contributed by atoms with Gasteiger partial charge >= 0.3 is 0 Å². The first-order valence-electron chi connectivity index (χ1n) is 12.4. The number of ether oxygens (including phenoxy) is 1. The second-order valence-electron chi connectivity index (χ2n) is 10.8. The van der Waals surface area contributed by atoms with E-state index in [1.165, 1.54) is 0 Å². The lowest BCUT2D eigenvalue weighted by Gasteiger charge is -2.44. The van der Waals surface area contributed by atoms with Crippen LogP contribution in [0.1, 0.15) is 65.2 Å². The highest BCUT2D eigenvalue weighted by atomic mass is 32.2. The molecule has 3 saturated heterocycles. The minimum absolute atomic E-state index is 0.0494. The number of carbonyl (C=O) groups is 1. The molecule has 3 aliphatic heterocycles. The molecular formula is C22H37N5O5S. The maximum Gasteiger partial charge on any atom is 0.244 e. The largest absolute Gasteiger partial charge is 0.381 e. The zero-order valence-electron chi connectivity index (χ0n) is 19.6. The lowest BCUT2D eigenvalue weighted by Crippen LogP contribution is -2.62. The Morgan fingerprint density at radius 3 is 2.58 bits per heavy atom. The molecule has 5 rings (SSSR count). The maximum absolute atomic E-state index is 13.5. The van der Waals surface area contributed by atoms with Gasteiger partial charge in [-0.3, -0.25) is 25.1 Å². The number of aliphatic imine (C=N–C) groups is 1. The Balaban J connectivity index is 1.35. The summed E-state index contributed by atoms with van der Waals surface area (Å²) in [6, 6.07) is 0.399. The molecule has 0 radical (unpaired) electrons. The number of amidine groups is 1. The maximum atomic E-state index is 13.5. The first kappa shape index (κ1) is 23.5. The number of carbonyl (C=O) groups excluding carboxylic acids is 1. The smallest absolute Gasteiger partial charge is 0.244 e. The third kappa shape index (κ3) is 5.22. The Bertz CT molecular complexity index is 886. The predicted octanol–water partition coefficient (Wildman–Crippen LogP) is 0.850. The molecule has 186 valence electrons. The molecule has 0 aromatic carbocycles. The predicted molar refractivity (Wildman–Crippen MR) is 123 cm³/mol. The van der Waals surface area contributed by atoms with Crippen molar-refractivity contribution >= 4 is 21.8 Å². The minimum atomic E-state index is -3.48. The van der Waals surface area contributed by atoms with E-state index in [1.807, 2.05) is 13.8 Å². The van der Waals surface area contributed by atoms with E-state index in [0.29, 0.717) is 39.0 Å². The van der Waals surface area contributed by atoms with Crippen molar-refractivity contribution in [2.24, 2.45) is 16.8 Å². The average Bonchev–Trinajstić information content (AvgIpc) is 3.35. The Labute approximate surface area is 196 Å². The monoisotopic (exact) mass is 483 g/mol. The lowest BCUT2D eigenvalue weighted by molar-refractivity contribution is -0.144. The van der Waals surface area contributed by atoms with E-state index in [0.717, 1.165) is 37.9 Å². The number of nitrogens with one attached hydrogen (secondary N) is 3. The first-order valence-corrected chi connectivity index (χ1v) is 13.9. The second kappa shape index (κ2) is 9.07. The van der Waals surface area contributed by atoms with Gasteiger partial charge in [0.05, 0.1) is 23.8 Å². The van der Waals surface area contributed by atoms with Crippen molar-refractivity contribution in [3.8, 4) is 0 Å². The van der Waals surface area contributed by atoms with Gasteiger partial charge in [-0.15, -0.1) is 0 Å². The molecule has 5 aliphatic rings. The number of hydroxylamine groups is 1. The summed E-state index contributed by atoms with van der Waals surface area (Å²) >= 11 is 0. The summed E-state index contributed by atoms with van der Waals surface area (Å²) in [4.78, 5) is 24.2. The van der Waals surface area contributed by atoms with E-state index in [9.17, 15) is 13.2 Å². The molecule has 1 amide bonds. The molecule has 2 saturated carbocycles. The van der Waals surface area contributed by atoms with Crippen LogP contribution in [0.4, 0.5) is 0 Å². The van der Waals surface area contributed by atoms with Crippen molar-refractivity contribution in [2.45, 2.75) is 94.2 Å². The van der Waals surface area contributed by atoms with Crippen LogP contribution in [-0.2, 0) is 24.4 Å². The fourth-order valence-electron chi connectivity index (χ4n) is 5.50. The lowest BCUT2D eigenvalue weighted by atomic mass is 9.76. The highest BCUT2D eigenvalue weighted by molar-refractivity contribution is 7.90. The number of hydrogen-bond donors (Lipinski definition) is 3. The van der Waals surface area contributed by atoms with Crippen LogP contribution in [0.3, 0.4) is 0 Å². The summed E-state index contributed by atoms with van der Waals surface area (Å²) < 4.78 is 34.6. The standard InChI is InChI=1S/C22H37N5O5S/c1-14-11-16(32-25-14)13-27-21(28)19-12-17(33(29,30)26-22(2)7-8-22)3-4-18(19)20(24-27)23-15-5-9-31-10-6-15/h14-19,25-26H,3-13H2,1-2H3,(H,23,24). The molecular weight excluding hydrogens is 446 g/mol. The first-order chi connectivity index (χ1) is 15.7. The van der Waals surface area contributed by atoms with Crippen LogP contribution >= 0.6 is 0 Å². The van der Waals surface area contributed by atoms with Crippen molar-refractivity contribution < 1.29 is 22.8 Å². The minimum Gasteiger partial charge on any atom is -0.381 e. The van der Waals surface area contributed by atoms with Gasteiger partial charge in [-0.05, 0) is 65.2 Å². The van der Waals surface area contributed by atoms with Gasteiger partial charge in [-0.1, -0.05) is 0 Å². The van der Waals surface area contributed by atoms with Crippen LogP contribution in [0.2, 0.25) is 0 Å². The van der Waals surface area contributed by atoms with E-state index in [2.05, 4.69) is 15.6 Å². The van der Waals surface area contributed by atoms with Crippen LogP contribution < -0.4 is 15.6 Å². The molecule has 2 aliphatic carbocycles. The SMILES string of the molecule is CC1CC(CN2NC(=NC3CCOCC3)C3CCC(S(=O)(=O)NC4(C)CC4)CC3C2=O)ON1. The number of hydrogen-bond acceptors (Lipinski definition) is 7. The second-order valence-corrected chi connectivity index (χ2v) is 12.7. The van der Waals surface area contributed by atoms with Crippen molar-refractivity contribution in [1.29, 1.82) is 0 Å². The fraction of sp³-hybridized carbons (Fsp3) is 0.909. The van der Waals surface area contributed by atoms with Gasteiger partial charge < -0.3 is 4.74 Å². The highest BCUT2D eigenvalue weighted by Gasteiger charge is 2.50. The third-order valence-electron chi connectivity index (χ3n) is 7.76. The van der Waals surface area contributed by atoms with Crippen LogP contribution in [0.25, 0.3) is 0 Å². The summed E-state index contributed by atoms with van der Waals surface area (Å²) in [5.74, 6) is 0.315. The molecule has 11 heteroatoms. The summed E-state index contributed by atoms with van der Waals surface area (Å²) in [5.41, 5.74) is 5.97. The Morgan fingerprint density at radius 1 is 1.15 bits per heavy atom. The quantitative estimate of drug-likeness (QED) is 0.512. The average molecular weight is 484 g/mol. The molecule has 5 atom stereocenters. The van der Waals surface area contributed by atoms with Crippen molar-refractivity contribution in [1.82, 2.24) is 20.6 Å². The molecule has 0 aromatic rings. The topological polar surface area (TPSA) is 121 Å². The molecule has 0 bridgehead atoms. The number of rotatable bonds is 6. The van der Waals surface area contributed by atoms with Crippen molar-refractivity contribution in [2.75, 3.05) is 19.8 Å². The van der Waals surface area contributed by atoms with E-state index in [4.69, 9.17) is 14.6 Å². The Hall–Kier alpha value is -1.27. The summed E-state index contributed by atoms with van der Waals surface area (Å²) in [7, 11) is -3.48. The summed E-state index contributed by atoms with van der Waals surface area (Å²) in [5, 5.41) is 1.07. The van der Waals surface area contributed by atoms with Crippen LogP contribution in [0, 0.1) is 11.8 Å². The molecule has 0 aromatic heterocycles. The third-order valence-corrected chi connectivity index (χ3v) is 9.85. The zero-order chi connectivity index (χ0) is 23.2. The number of sulfonamides is 1. The zero-order valence-corrected chi connectivity index (χ0v) is 20.4. The normalized spacial score (nSPS) is 38.2. The van der Waals surface area contributed by atoms with Crippen molar-refractivity contribution in [3.05, 3.63) is 0 Å². The molecule has 10 nitrogen and oxygen atoms in total. The summed E-state index contributed by atoms with van der Waals surface area (Å²) in [6.07, 6.45) is 5.69. The molecule has 33 heavy (non-hydrogen) atoms. The number of amides is 1. The van der Waals surface area contributed by atoms with Gasteiger partial charge in [0, 0.05) is 30.7 Å². The number of fused-ring (bicyclic) bond motifs is 1. The van der Waals surface area contributed by atoms with Gasteiger partial charge in [-0.2, -0.15) is 5.48 Å². The molecule has 3 N–H and O–H groups in total. The van der Waals surface area contributed by atoms with Crippen LogP contribution in [0.15, 0.2) is 4.99 Å². The fourth-order valence-corrected chi connectivity index (χ4v) is 7.46. The van der Waals surface area contributed by atoms with Crippen LogP contribution in [-0.4, -0.2) is 73.9 Å². The number of nitrogens with zero attached hydrogens (tertiary/aromatic N) is 2. The highest BCUT2D eigenvalue weighted by Crippen LogP contribution is 2.40. The van der Waals surface area contributed by atoms with E-state index >= 15 is 0 Å². The Kier molecular flexibility index (Phi) is 6.45. The van der Waals surface area contributed by atoms with Gasteiger partial charge in [-0.25, -0.2) is 13.1 Å². The molecule has 3 heterocycles. The summed E-state index contributed by atoms with van der Waals surface area (Å²) in [6.45, 7) is 5.79.